The Balaban J connectivity index is 0.00000172. The van der Waals surface area contributed by atoms with Gasteiger partial charge in [0, 0.05) is 33.8 Å². The first-order valence-electron chi connectivity index (χ1n) is 13.0. The molecule has 0 amide bonds. The van der Waals surface area contributed by atoms with E-state index in [2.05, 4.69) is 62.3 Å². The number of amidine groups is 1. The number of nitrogens with one attached hydrogen (secondary N) is 3. The van der Waals surface area contributed by atoms with Gasteiger partial charge in [0.2, 0.25) is 0 Å². The summed E-state index contributed by atoms with van der Waals surface area (Å²) in [5.41, 5.74) is 5.21. The molecule has 0 aromatic heterocycles. The summed E-state index contributed by atoms with van der Waals surface area (Å²) in [5, 5.41) is 14.8. The van der Waals surface area contributed by atoms with Crippen LogP contribution in [-0.2, 0) is 11.3 Å². The Hall–Kier alpha value is -3.15. The van der Waals surface area contributed by atoms with Crippen molar-refractivity contribution in [2.24, 2.45) is 5.92 Å². The van der Waals surface area contributed by atoms with Gasteiger partial charge in [-0.2, -0.15) is 5.06 Å². The smallest absolute Gasteiger partial charge is 0.172 e. The molecule has 0 aliphatic carbocycles. The lowest BCUT2D eigenvalue weighted by Gasteiger charge is -2.45. The van der Waals surface area contributed by atoms with Crippen molar-refractivity contribution in [2.75, 3.05) is 5.32 Å². The van der Waals surface area contributed by atoms with Gasteiger partial charge in [0.25, 0.3) is 0 Å². The number of hydrogen-bond acceptors (Lipinski definition) is 4. The standard InChI is InChI=1S/C27H32Cl2N4O.C2H6.C2H4/c1-5-9-19-11-7-8-12-23(19)32-25(18(3)4)24-26(20-13-15-21(28)16-14-20)33(27(24)30)34-22(10-6-2)17-31-29;2*1-2/h6-8,10-18,26,30-32H,5,9H2,1-4H3;1-2H3;1-2H2/b10-6-,22-17-,25-24-,30-27?;;. The zero-order valence-corrected chi connectivity index (χ0v) is 25.0. The minimum atomic E-state index is -0.281. The molecule has 1 fully saturated rings. The fourth-order valence-electron chi connectivity index (χ4n) is 3.98. The number of hydrogen-bond donors (Lipinski definition) is 3. The van der Waals surface area contributed by atoms with Crippen molar-refractivity contribution in [3.63, 3.8) is 0 Å². The van der Waals surface area contributed by atoms with Gasteiger partial charge in [-0.25, -0.2) is 0 Å². The van der Waals surface area contributed by atoms with Crippen molar-refractivity contribution in [3.05, 3.63) is 113 Å². The topological polar surface area (TPSA) is 60.4 Å². The molecule has 2 aromatic carbocycles. The molecule has 0 radical (unpaired) electrons. The van der Waals surface area contributed by atoms with Crippen molar-refractivity contribution in [3.8, 4) is 0 Å². The van der Waals surface area contributed by atoms with Crippen LogP contribution >= 0.6 is 23.4 Å². The molecule has 0 spiro atoms. The fourth-order valence-corrected chi connectivity index (χ4v) is 4.22. The van der Waals surface area contributed by atoms with E-state index in [9.17, 15) is 0 Å². The molecule has 206 valence electrons. The van der Waals surface area contributed by atoms with Gasteiger partial charge >= 0.3 is 0 Å². The number of para-hydroxylation sites is 1. The number of anilines is 1. The van der Waals surface area contributed by atoms with E-state index in [0.717, 1.165) is 35.4 Å². The number of nitrogens with zero attached hydrogens (tertiary/aromatic N) is 1. The summed E-state index contributed by atoms with van der Waals surface area (Å²) in [5.74, 6) is 0.957. The summed E-state index contributed by atoms with van der Waals surface area (Å²) in [6, 6.07) is 15.7. The predicted octanol–water partition coefficient (Wildman–Crippen LogP) is 9.57. The third-order valence-electron chi connectivity index (χ3n) is 5.57. The lowest BCUT2D eigenvalue weighted by molar-refractivity contribution is -0.0929. The van der Waals surface area contributed by atoms with Gasteiger partial charge < -0.3 is 15.0 Å². The first-order chi connectivity index (χ1) is 18.4. The van der Waals surface area contributed by atoms with Crippen LogP contribution in [0.1, 0.15) is 65.1 Å². The molecule has 0 bridgehead atoms. The third-order valence-corrected chi connectivity index (χ3v) is 5.94. The summed E-state index contributed by atoms with van der Waals surface area (Å²) < 4.78 is 0. The summed E-state index contributed by atoms with van der Waals surface area (Å²) >= 11 is 11.8. The molecule has 3 N–H and O–H groups in total. The summed E-state index contributed by atoms with van der Waals surface area (Å²) in [7, 11) is 0. The largest absolute Gasteiger partial charge is 0.376 e. The van der Waals surface area contributed by atoms with Crippen LogP contribution in [0.5, 0.6) is 0 Å². The van der Waals surface area contributed by atoms with Gasteiger partial charge in [-0.1, -0.05) is 89.0 Å². The molecule has 1 saturated heterocycles. The second-order valence-electron chi connectivity index (χ2n) is 8.39. The normalized spacial score (nSPS) is 16.1. The molecular weight excluding hydrogens is 515 g/mol. The zero-order chi connectivity index (χ0) is 28.7. The highest BCUT2D eigenvalue weighted by atomic mass is 35.5. The highest BCUT2D eigenvalue weighted by Gasteiger charge is 2.45. The van der Waals surface area contributed by atoms with Crippen molar-refractivity contribution in [2.45, 2.75) is 60.4 Å². The first-order valence-corrected chi connectivity index (χ1v) is 13.8. The van der Waals surface area contributed by atoms with Gasteiger partial charge in [0.15, 0.2) is 11.6 Å². The van der Waals surface area contributed by atoms with Crippen LogP contribution in [-0.4, -0.2) is 10.9 Å². The Labute approximate surface area is 239 Å². The molecule has 2 aromatic rings. The second-order valence-corrected chi connectivity index (χ2v) is 9.04. The van der Waals surface area contributed by atoms with Crippen LogP contribution in [0.3, 0.4) is 0 Å². The number of halogens is 2. The maximum atomic E-state index is 8.92. The molecule has 38 heavy (non-hydrogen) atoms. The molecule has 1 atom stereocenters. The van der Waals surface area contributed by atoms with E-state index >= 15 is 0 Å². The van der Waals surface area contributed by atoms with Crippen molar-refractivity contribution in [1.82, 2.24) is 9.90 Å². The monoisotopic (exact) mass is 556 g/mol. The Bertz CT molecular complexity index is 1110. The van der Waals surface area contributed by atoms with E-state index < -0.39 is 0 Å². The highest BCUT2D eigenvalue weighted by Crippen LogP contribution is 2.44. The molecule has 1 unspecified atom stereocenters. The average molecular weight is 558 g/mol. The highest BCUT2D eigenvalue weighted by molar-refractivity contribution is 6.30. The number of rotatable bonds is 10. The van der Waals surface area contributed by atoms with Crippen molar-refractivity contribution in [1.29, 1.82) is 5.41 Å². The van der Waals surface area contributed by atoms with Crippen LogP contribution in [0.4, 0.5) is 5.69 Å². The van der Waals surface area contributed by atoms with Crippen LogP contribution in [0.2, 0.25) is 5.02 Å². The number of allylic oxidation sites excluding steroid dienone is 3. The van der Waals surface area contributed by atoms with Crippen LogP contribution in [0, 0.1) is 11.3 Å². The molecule has 3 rings (SSSR count). The van der Waals surface area contributed by atoms with E-state index in [1.54, 1.807) is 11.1 Å². The van der Waals surface area contributed by atoms with Crippen LogP contribution in [0.25, 0.3) is 0 Å². The zero-order valence-electron chi connectivity index (χ0n) is 23.4. The Morgan fingerprint density at radius 3 is 2.32 bits per heavy atom. The molecule has 5 nitrogen and oxygen atoms in total. The van der Waals surface area contributed by atoms with Gasteiger partial charge in [-0.05, 0) is 54.7 Å². The average Bonchev–Trinajstić information content (AvgIpc) is 2.93. The maximum Gasteiger partial charge on any atom is 0.172 e. The molecule has 1 aliphatic heterocycles. The molecule has 1 aliphatic rings. The van der Waals surface area contributed by atoms with Gasteiger partial charge in [0.1, 0.15) is 6.04 Å². The number of hydroxylamine groups is 2. The summed E-state index contributed by atoms with van der Waals surface area (Å²) in [6.45, 7) is 18.3. The fraction of sp³-hybridized carbons (Fsp3) is 0.323. The minimum absolute atomic E-state index is 0.164. The Morgan fingerprint density at radius 1 is 1.13 bits per heavy atom. The Morgan fingerprint density at radius 2 is 1.76 bits per heavy atom. The minimum Gasteiger partial charge on any atom is -0.376 e. The molecule has 0 saturated carbocycles. The lowest BCUT2D eigenvalue weighted by Crippen LogP contribution is -2.49. The van der Waals surface area contributed by atoms with Gasteiger partial charge in [0.05, 0.1) is 6.20 Å². The van der Waals surface area contributed by atoms with Crippen LogP contribution in [0.15, 0.2) is 97.1 Å². The number of benzene rings is 2. The third kappa shape index (κ3) is 8.44. The summed E-state index contributed by atoms with van der Waals surface area (Å²) in [4.78, 5) is 8.57. The van der Waals surface area contributed by atoms with Gasteiger partial charge in [-0.3, -0.25) is 5.41 Å². The van der Waals surface area contributed by atoms with Crippen molar-refractivity contribution >= 4 is 34.9 Å². The predicted molar refractivity (Wildman–Crippen MR) is 165 cm³/mol. The first kappa shape index (κ1) is 32.9. The van der Waals surface area contributed by atoms with E-state index in [-0.39, 0.29) is 12.0 Å². The SMILES string of the molecule is C/C=C\C(=C\NCl)ON1C(=N)/C(=C(\Nc2ccccc2CCC)C(C)C)C1c1ccc(Cl)cc1.C=C.CC. The molecule has 1 heterocycles. The van der Waals surface area contributed by atoms with E-state index in [1.807, 2.05) is 57.2 Å². The van der Waals surface area contributed by atoms with E-state index in [1.165, 1.54) is 11.8 Å². The Kier molecular flexibility index (Phi) is 15.0. The van der Waals surface area contributed by atoms with E-state index in [4.69, 9.17) is 33.6 Å². The van der Waals surface area contributed by atoms with Gasteiger partial charge in [-0.15, -0.1) is 13.2 Å². The lowest BCUT2D eigenvalue weighted by atomic mass is 9.85. The van der Waals surface area contributed by atoms with E-state index in [0.29, 0.717) is 16.6 Å². The molecular formula is C31H42Cl2N4O. The van der Waals surface area contributed by atoms with Crippen molar-refractivity contribution < 1.29 is 4.84 Å². The molecule has 7 heteroatoms. The second kappa shape index (κ2) is 17.4. The summed E-state index contributed by atoms with van der Waals surface area (Å²) in [6.07, 6.45) is 7.22. The number of aryl methyl sites for hydroxylation is 1. The maximum absolute atomic E-state index is 8.92. The van der Waals surface area contributed by atoms with Crippen LogP contribution < -0.4 is 10.2 Å². The quantitative estimate of drug-likeness (QED) is 0.118.